The van der Waals surface area contributed by atoms with Gasteiger partial charge in [0.1, 0.15) is 18.1 Å². The molecule has 0 amide bonds. The molecule has 204 valence electrons. The summed E-state index contributed by atoms with van der Waals surface area (Å²) in [6.45, 7) is 3.37. The molecule has 0 saturated heterocycles. The highest BCUT2D eigenvalue weighted by atomic mass is 16.5. The smallest absolute Gasteiger partial charge is 0.214 e. The van der Waals surface area contributed by atoms with E-state index in [9.17, 15) is 0 Å². The van der Waals surface area contributed by atoms with Crippen molar-refractivity contribution < 1.29 is 18.9 Å². The molecule has 0 unspecified atom stereocenters. The zero-order valence-electron chi connectivity index (χ0n) is 23.0. The van der Waals surface area contributed by atoms with Crippen molar-refractivity contribution in [3.63, 3.8) is 0 Å². The van der Waals surface area contributed by atoms with E-state index in [0.717, 1.165) is 65.3 Å². The number of methoxy groups -OCH3 is 1. The van der Waals surface area contributed by atoms with E-state index in [2.05, 4.69) is 36.2 Å². The van der Waals surface area contributed by atoms with E-state index >= 15 is 0 Å². The molecule has 2 atom stereocenters. The van der Waals surface area contributed by atoms with Gasteiger partial charge in [0.2, 0.25) is 6.23 Å². The summed E-state index contributed by atoms with van der Waals surface area (Å²) in [4.78, 5) is 0. The molecule has 6 rings (SSSR count). The lowest BCUT2D eigenvalue weighted by Gasteiger charge is -2.38. The van der Waals surface area contributed by atoms with Gasteiger partial charge in [-0.3, -0.25) is 0 Å². The van der Waals surface area contributed by atoms with Crippen LogP contribution in [0.5, 0.6) is 23.0 Å². The minimum atomic E-state index is -0.397. The number of hydrazone groups is 1. The Balaban J connectivity index is 1.27. The zero-order chi connectivity index (χ0) is 27.3. The number of ether oxygens (including phenoxy) is 4. The van der Waals surface area contributed by atoms with E-state index in [1.165, 1.54) is 0 Å². The second-order valence-corrected chi connectivity index (χ2v) is 10.1. The minimum Gasteiger partial charge on any atom is -0.494 e. The number of para-hydroxylation sites is 1. The summed E-state index contributed by atoms with van der Waals surface area (Å²) in [5.41, 5.74) is 5.32. The summed E-state index contributed by atoms with van der Waals surface area (Å²) >= 11 is 0. The summed E-state index contributed by atoms with van der Waals surface area (Å²) in [6.07, 6.45) is 2.57. The number of hydrogen-bond acceptors (Lipinski definition) is 6. The third kappa shape index (κ3) is 5.34. The Morgan fingerprint density at radius 2 is 1.68 bits per heavy atom. The fourth-order valence-corrected chi connectivity index (χ4v) is 5.20. The van der Waals surface area contributed by atoms with Crippen molar-refractivity contribution in [2.45, 2.75) is 45.1 Å². The van der Waals surface area contributed by atoms with Crippen LogP contribution in [0.15, 0.2) is 102 Å². The molecule has 0 radical (unpaired) electrons. The predicted octanol–water partition coefficient (Wildman–Crippen LogP) is 7.70. The lowest BCUT2D eigenvalue weighted by molar-refractivity contribution is -0.0191. The predicted molar refractivity (Wildman–Crippen MR) is 156 cm³/mol. The average Bonchev–Trinajstić information content (AvgIpc) is 3.46. The number of benzene rings is 4. The molecule has 0 saturated carbocycles. The minimum absolute atomic E-state index is 0.0745. The molecule has 6 nitrogen and oxygen atoms in total. The van der Waals surface area contributed by atoms with E-state index in [1.54, 1.807) is 7.11 Å². The maximum atomic E-state index is 6.56. The van der Waals surface area contributed by atoms with Gasteiger partial charge in [-0.25, -0.2) is 5.01 Å². The van der Waals surface area contributed by atoms with Gasteiger partial charge in [0.15, 0.2) is 11.5 Å². The summed E-state index contributed by atoms with van der Waals surface area (Å²) in [5.74, 6) is 3.12. The first-order valence-electron chi connectivity index (χ1n) is 13.9. The molecule has 2 aliphatic rings. The standard InChI is InChI=1S/C34H34N2O4/c1-3-4-20-38-27-17-14-25(15-18-27)29-22-30-28-12-8-9-13-31(28)40-34(36(30)35-29)26-16-19-32(33(21-26)37-2)39-23-24-10-6-5-7-11-24/h5-19,21,30,34H,3-4,20,22-23H2,1-2H3/t30-,34-/m1/s1. The highest BCUT2D eigenvalue weighted by Crippen LogP contribution is 2.48. The molecular weight excluding hydrogens is 500 g/mol. The van der Waals surface area contributed by atoms with Crippen molar-refractivity contribution in [3.8, 4) is 23.0 Å². The molecule has 2 aliphatic heterocycles. The number of fused-ring (bicyclic) bond motifs is 3. The molecule has 40 heavy (non-hydrogen) atoms. The van der Waals surface area contributed by atoms with Gasteiger partial charge in [0.05, 0.1) is 25.5 Å². The first-order valence-corrected chi connectivity index (χ1v) is 13.9. The van der Waals surface area contributed by atoms with Gasteiger partial charge in [-0.1, -0.05) is 61.9 Å². The van der Waals surface area contributed by atoms with Gasteiger partial charge in [-0.05, 0) is 66.1 Å². The molecule has 0 N–H and O–H groups in total. The van der Waals surface area contributed by atoms with E-state index in [1.807, 2.05) is 72.8 Å². The van der Waals surface area contributed by atoms with Crippen molar-refractivity contribution in [2.75, 3.05) is 13.7 Å². The van der Waals surface area contributed by atoms with Crippen LogP contribution in [0.3, 0.4) is 0 Å². The molecule has 2 heterocycles. The van der Waals surface area contributed by atoms with E-state index < -0.39 is 6.23 Å². The van der Waals surface area contributed by atoms with Gasteiger partial charge in [0.25, 0.3) is 0 Å². The van der Waals surface area contributed by atoms with Crippen molar-refractivity contribution in [2.24, 2.45) is 5.10 Å². The Bertz CT molecular complexity index is 1470. The summed E-state index contributed by atoms with van der Waals surface area (Å²) in [7, 11) is 1.66. The van der Waals surface area contributed by atoms with Crippen molar-refractivity contribution in [1.82, 2.24) is 5.01 Å². The quantitative estimate of drug-likeness (QED) is 0.195. The van der Waals surface area contributed by atoms with Crippen LogP contribution in [0.25, 0.3) is 0 Å². The number of hydrogen-bond donors (Lipinski definition) is 0. The third-order valence-electron chi connectivity index (χ3n) is 7.36. The van der Waals surface area contributed by atoms with Crippen LogP contribution in [0, 0.1) is 0 Å². The molecular formula is C34H34N2O4. The SMILES string of the molecule is CCCCOc1ccc(C2=NN3[C@H](C2)c2ccccc2O[C@@H]3c2ccc(OCc3ccccc3)c(OC)c2)cc1. The summed E-state index contributed by atoms with van der Waals surface area (Å²) in [5, 5.41) is 7.19. The maximum absolute atomic E-state index is 6.56. The summed E-state index contributed by atoms with van der Waals surface area (Å²) < 4.78 is 24.3. The fourth-order valence-electron chi connectivity index (χ4n) is 5.20. The molecule has 6 heteroatoms. The molecule has 0 spiro atoms. The molecule has 0 fully saturated rings. The van der Waals surface area contributed by atoms with Gasteiger partial charge in [-0.2, -0.15) is 5.10 Å². The monoisotopic (exact) mass is 534 g/mol. The summed E-state index contributed by atoms with van der Waals surface area (Å²) in [6, 6.07) is 32.7. The van der Waals surface area contributed by atoms with Crippen molar-refractivity contribution in [1.29, 1.82) is 0 Å². The largest absolute Gasteiger partial charge is 0.494 e. The Kier molecular flexibility index (Phi) is 7.58. The fraction of sp³-hybridized carbons (Fsp3) is 0.265. The Hall–Kier alpha value is -4.45. The highest BCUT2D eigenvalue weighted by Gasteiger charge is 2.41. The number of nitrogens with zero attached hydrogens (tertiary/aromatic N) is 2. The third-order valence-corrected chi connectivity index (χ3v) is 7.36. The highest BCUT2D eigenvalue weighted by molar-refractivity contribution is 6.02. The van der Waals surface area contributed by atoms with Crippen LogP contribution in [-0.4, -0.2) is 24.4 Å². The van der Waals surface area contributed by atoms with Crippen LogP contribution < -0.4 is 18.9 Å². The number of unbranched alkanes of at least 4 members (excludes halogenated alkanes) is 1. The molecule has 0 aliphatic carbocycles. The topological polar surface area (TPSA) is 52.5 Å². The lowest BCUT2D eigenvalue weighted by atomic mass is 9.96. The van der Waals surface area contributed by atoms with Gasteiger partial charge in [-0.15, -0.1) is 0 Å². The Labute approximate surface area is 235 Å². The normalized spacial score (nSPS) is 17.4. The second-order valence-electron chi connectivity index (χ2n) is 10.1. The van der Waals surface area contributed by atoms with Gasteiger partial charge in [0, 0.05) is 17.5 Å². The zero-order valence-corrected chi connectivity index (χ0v) is 23.0. The van der Waals surface area contributed by atoms with Crippen molar-refractivity contribution >= 4 is 5.71 Å². The van der Waals surface area contributed by atoms with Gasteiger partial charge >= 0.3 is 0 Å². The Morgan fingerprint density at radius 3 is 2.48 bits per heavy atom. The van der Waals surface area contributed by atoms with E-state index in [0.29, 0.717) is 18.1 Å². The van der Waals surface area contributed by atoms with E-state index in [4.69, 9.17) is 24.0 Å². The Morgan fingerprint density at radius 1 is 0.875 bits per heavy atom. The van der Waals surface area contributed by atoms with E-state index in [-0.39, 0.29) is 6.04 Å². The van der Waals surface area contributed by atoms with Crippen molar-refractivity contribution in [3.05, 3.63) is 119 Å². The second kappa shape index (κ2) is 11.7. The van der Waals surface area contributed by atoms with Crippen LogP contribution in [0.2, 0.25) is 0 Å². The van der Waals surface area contributed by atoms with Crippen LogP contribution in [0.4, 0.5) is 0 Å². The maximum Gasteiger partial charge on any atom is 0.214 e. The number of rotatable bonds is 10. The van der Waals surface area contributed by atoms with Crippen LogP contribution in [-0.2, 0) is 6.61 Å². The molecule has 4 aromatic carbocycles. The molecule has 0 aromatic heterocycles. The van der Waals surface area contributed by atoms with Crippen LogP contribution >= 0.6 is 0 Å². The first-order chi connectivity index (χ1) is 19.7. The van der Waals surface area contributed by atoms with Crippen LogP contribution in [0.1, 0.15) is 60.7 Å². The molecule has 0 bridgehead atoms. The van der Waals surface area contributed by atoms with Gasteiger partial charge < -0.3 is 18.9 Å². The first kappa shape index (κ1) is 25.8. The lowest BCUT2D eigenvalue weighted by Crippen LogP contribution is -2.33. The molecule has 4 aromatic rings. The average molecular weight is 535 g/mol.